The fourth-order valence-corrected chi connectivity index (χ4v) is 2.14. The predicted octanol–water partition coefficient (Wildman–Crippen LogP) is 2.23. The Morgan fingerprint density at radius 1 is 1.50 bits per heavy atom. The minimum atomic E-state index is -0.241. The normalized spacial score (nSPS) is 12.2. The van der Waals surface area contributed by atoms with Gasteiger partial charge in [0.2, 0.25) is 0 Å². The molecule has 0 aliphatic rings. The van der Waals surface area contributed by atoms with E-state index in [4.69, 9.17) is 11.6 Å². The van der Waals surface area contributed by atoms with Crippen LogP contribution in [0.4, 0.5) is 0 Å². The first-order valence-electron chi connectivity index (χ1n) is 6.45. The number of carbonyl (C=O) groups excluding carboxylic acids is 1. The van der Waals surface area contributed by atoms with Crippen LogP contribution in [0.5, 0.6) is 0 Å². The Morgan fingerprint density at radius 2 is 2.30 bits per heavy atom. The molecule has 0 saturated carbocycles. The summed E-state index contributed by atoms with van der Waals surface area (Å²) >= 11 is 5.97. The highest BCUT2D eigenvalue weighted by Crippen LogP contribution is 2.17. The average Bonchev–Trinajstić information content (AvgIpc) is 2.93. The highest BCUT2D eigenvalue weighted by atomic mass is 35.5. The van der Waals surface area contributed by atoms with Crippen molar-refractivity contribution in [2.24, 2.45) is 0 Å². The Balaban J connectivity index is 2.19. The van der Waals surface area contributed by atoms with Crippen molar-refractivity contribution < 1.29 is 4.79 Å². The van der Waals surface area contributed by atoms with E-state index in [2.05, 4.69) is 20.4 Å². The largest absolute Gasteiger partial charge is 0.342 e. The molecule has 0 fully saturated rings. The van der Waals surface area contributed by atoms with Crippen molar-refractivity contribution in [1.29, 1.82) is 0 Å². The van der Waals surface area contributed by atoms with Crippen LogP contribution in [-0.2, 0) is 6.54 Å². The van der Waals surface area contributed by atoms with Crippen LogP contribution in [0.25, 0.3) is 0 Å². The van der Waals surface area contributed by atoms with E-state index in [1.165, 1.54) is 18.7 Å². The topological polar surface area (TPSA) is 72.7 Å². The van der Waals surface area contributed by atoms with Gasteiger partial charge in [0.25, 0.3) is 5.91 Å². The summed E-state index contributed by atoms with van der Waals surface area (Å²) in [6.07, 6.45) is 5.20. The van der Waals surface area contributed by atoms with Gasteiger partial charge in [-0.3, -0.25) is 9.78 Å². The number of carbonyl (C=O) groups is 1. The number of nitrogens with one attached hydrogen (secondary N) is 1. The molecular weight excluding hydrogens is 278 g/mol. The minimum Gasteiger partial charge on any atom is -0.342 e. The van der Waals surface area contributed by atoms with Gasteiger partial charge in [-0.1, -0.05) is 18.5 Å². The molecule has 106 valence electrons. The van der Waals surface area contributed by atoms with Gasteiger partial charge in [-0.15, -0.1) is 0 Å². The summed E-state index contributed by atoms with van der Waals surface area (Å²) in [7, 11) is 0. The van der Waals surface area contributed by atoms with E-state index in [9.17, 15) is 4.79 Å². The van der Waals surface area contributed by atoms with E-state index in [1.54, 1.807) is 10.7 Å². The van der Waals surface area contributed by atoms with E-state index in [-0.39, 0.29) is 11.9 Å². The molecule has 2 aromatic heterocycles. The molecule has 0 saturated heterocycles. The molecule has 0 unspecified atom stereocenters. The maximum Gasteiger partial charge on any atom is 0.253 e. The Hall–Kier alpha value is -1.95. The number of amides is 1. The molecule has 0 bridgehead atoms. The highest BCUT2D eigenvalue weighted by Gasteiger charge is 2.20. The van der Waals surface area contributed by atoms with Crippen molar-refractivity contribution in [3.05, 3.63) is 41.2 Å². The van der Waals surface area contributed by atoms with Gasteiger partial charge in [0.1, 0.15) is 12.2 Å². The van der Waals surface area contributed by atoms with Crippen molar-refractivity contribution in [2.45, 2.75) is 32.9 Å². The number of hydrogen-bond acceptors (Lipinski definition) is 4. The van der Waals surface area contributed by atoms with Crippen molar-refractivity contribution in [1.82, 2.24) is 25.1 Å². The van der Waals surface area contributed by atoms with Crippen LogP contribution in [0, 0.1) is 0 Å². The van der Waals surface area contributed by atoms with E-state index >= 15 is 0 Å². The lowest BCUT2D eigenvalue weighted by molar-refractivity contribution is 0.0933. The molecule has 0 spiro atoms. The van der Waals surface area contributed by atoms with Gasteiger partial charge in [-0.25, -0.2) is 9.67 Å². The number of pyridine rings is 1. The maximum absolute atomic E-state index is 12.2. The summed E-state index contributed by atoms with van der Waals surface area (Å²) in [4.78, 5) is 20.3. The van der Waals surface area contributed by atoms with Gasteiger partial charge in [-0.2, -0.15) is 5.10 Å². The monoisotopic (exact) mass is 293 g/mol. The first-order chi connectivity index (χ1) is 9.67. The molecule has 20 heavy (non-hydrogen) atoms. The third-order valence-electron chi connectivity index (χ3n) is 2.99. The van der Waals surface area contributed by atoms with E-state index in [0.717, 1.165) is 5.82 Å². The van der Waals surface area contributed by atoms with E-state index in [1.807, 2.05) is 13.8 Å². The van der Waals surface area contributed by atoms with Crippen molar-refractivity contribution in [3.8, 4) is 0 Å². The molecule has 0 aliphatic carbocycles. The number of aromatic nitrogens is 4. The second-order valence-electron chi connectivity index (χ2n) is 4.22. The molecule has 2 heterocycles. The number of nitrogens with zero attached hydrogens (tertiary/aromatic N) is 4. The molecular formula is C13H16ClN5O. The summed E-state index contributed by atoms with van der Waals surface area (Å²) in [5, 5.41) is 7.38. The summed E-state index contributed by atoms with van der Waals surface area (Å²) in [5.74, 6) is 0.503. The van der Waals surface area contributed by atoms with Crippen LogP contribution < -0.4 is 5.32 Å². The minimum absolute atomic E-state index is 0.200. The fourth-order valence-electron chi connectivity index (χ4n) is 1.93. The number of rotatable bonds is 5. The molecule has 6 nitrogen and oxygen atoms in total. The molecule has 2 aromatic rings. The Bertz CT molecular complexity index is 598. The van der Waals surface area contributed by atoms with E-state index in [0.29, 0.717) is 23.6 Å². The van der Waals surface area contributed by atoms with Crippen molar-refractivity contribution in [3.63, 3.8) is 0 Å². The van der Waals surface area contributed by atoms with Crippen molar-refractivity contribution in [2.75, 3.05) is 0 Å². The second-order valence-corrected chi connectivity index (χ2v) is 4.63. The maximum atomic E-state index is 12.2. The van der Waals surface area contributed by atoms with Crippen LogP contribution in [0.3, 0.4) is 0 Å². The quantitative estimate of drug-likeness (QED) is 0.917. The zero-order valence-corrected chi connectivity index (χ0v) is 12.1. The van der Waals surface area contributed by atoms with E-state index < -0.39 is 0 Å². The van der Waals surface area contributed by atoms with Gasteiger partial charge < -0.3 is 5.32 Å². The first-order valence-corrected chi connectivity index (χ1v) is 6.83. The predicted molar refractivity (Wildman–Crippen MR) is 75.4 cm³/mol. The standard InChI is InChI=1S/C13H16ClN5O/c1-3-11(12-16-8-17-19(12)4-2)18-13(20)9-5-6-15-7-10(9)14/h5-8,11H,3-4H2,1-2H3,(H,18,20)/t11-/m0/s1. The van der Waals surface area contributed by atoms with Crippen LogP contribution in [0.15, 0.2) is 24.8 Å². The molecule has 2 rings (SSSR count). The number of hydrogen-bond donors (Lipinski definition) is 1. The first kappa shape index (κ1) is 14.5. The van der Waals surface area contributed by atoms with Gasteiger partial charge in [0.15, 0.2) is 0 Å². The highest BCUT2D eigenvalue weighted by molar-refractivity contribution is 6.33. The van der Waals surface area contributed by atoms with Crippen LogP contribution in [0.2, 0.25) is 5.02 Å². The SMILES string of the molecule is CC[C@H](NC(=O)c1ccncc1Cl)c1ncnn1CC. The lowest BCUT2D eigenvalue weighted by atomic mass is 10.1. The smallest absolute Gasteiger partial charge is 0.253 e. The molecule has 0 aromatic carbocycles. The zero-order valence-electron chi connectivity index (χ0n) is 11.4. The molecule has 1 N–H and O–H groups in total. The van der Waals surface area contributed by atoms with Crippen molar-refractivity contribution >= 4 is 17.5 Å². The third kappa shape index (κ3) is 2.96. The van der Waals surface area contributed by atoms with Gasteiger partial charge in [0.05, 0.1) is 16.6 Å². The summed E-state index contributed by atoms with van der Waals surface area (Å²) < 4.78 is 1.77. The summed E-state index contributed by atoms with van der Waals surface area (Å²) in [5.41, 5.74) is 0.405. The average molecular weight is 294 g/mol. The van der Waals surface area contributed by atoms with Crippen LogP contribution >= 0.6 is 11.6 Å². The Morgan fingerprint density at radius 3 is 2.95 bits per heavy atom. The van der Waals surface area contributed by atoms with Gasteiger partial charge in [0, 0.05) is 18.9 Å². The number of aryl methyl sites for hydroxylation is 1. The number of halogens is 1. The summed E-state index contributed by atoms with van der Waals surface area (Å²) in [6, 6.07) is 1.39. The molecule has 7 heteroatoms. The van der Waals surface area contributed by atoms with Gasteiger partial charge >= 0.3 is 0 Å². The lowest BCUT2D eigenvalue weighted by Crippen LogP contribution is -2.30. The van der Waals surface area contributed by atoms with Gasteiger partial charge in [-0.05, 0) is 19.4 Å². The van der Waals surface area contributed by atoms with Crippen LogP contribution in [-0.4, -0.2) is 25.7 Å². The second kappa shape index (κ2) is 6.47. The molecule has 1 atom stereocenters. The molecule has 0 radical (unpaired) electrons. The Labute approximate surface area is 122 Å². The van der Waals surface area contributed by atoms with Crippen LogP contribution in [0.1, 0.15) is 42.5 Å². The lowest BCUT2D eigenvalue weighted by Gasteiger charge is -2.17. The molecule has 0 aliphatic heterocycles. The molecule has 1 amide bonds. The summed E-state index contributed by atoms with van der Waals surface area (Å²) in [6.45, 7) is 4.66. The Kier molecular flexibility index (Phi) is 4.68. The fraction of sp³-hybridized carbons (Fsp3) is 0.385. The third-order valence-corrected chi connectivity index (χ3v) is 3.29. The zero-order chi connectivity index (χ0) is 14.5.